The summed E-state index contributed by atoms with van der Waals surface area (Å²) in [5.41, 5.74) is 0. The Balaban J connectivity index is 0. The number of nitrogens with zero attached hydrogens (tertiary/aromatic N) is 1. The summed E-state index contributed by atoms with van der Waals surface area (Å²) in [6.07, 6.45) is 0. The van der Waals surface area contributed by atoms with Crippen LogP contribution < -0.4 is 0 Å². The van der Waals surface area contributed by atoms with E-state index in [1.807, 2.05) is 0 Å². The molecule has 0 heterocycles. The molecular weight excluding hydrogens is 61.0 g/mol. The molecule has 0 aliphatic rings. The van der Waals surface area contributed by atoms with Gasteiger partial charge in [-0.1, -0.05) is 0 Å². The quantitative estimate of drug-likeness (QED) is 0.361. The maximum atomic E-state index is 7.32. The normalized spacial score (nSPS) is 2.00. The van der Waals surface area contributed by atoms with Gasteiger partial charge in [-0.3, -0.25) is 0 Å². The van der Waals surface area contributed by atoms with Crippen molar-refractivity contribution in [3.63, 3.8) is 0 Å². The first-order chi connectivity index (χ1) is 1.41. The molecule has 0 rings (SSSR count). The number of nitriles is 1. The number of hydrogen-bond acceptors (Lipinski definition) is 1. The van der Waals surface area contributed by atoms with E-state index in [1.54, 1.807) is 6.07 Å². The van der Waals surface area contributed by atoms with Crippen molar-refractivity contribution >= 4 is 29.6 Å². The van der Waals surface area contributed by atoms with Crippen LogP contribution in [0.15, 0.2) is 0 Å². The number of hydrogen-bond donors (Lipinski definition) is 0. The summed E-state index contributed by atoms with van der Waals surface area (Å²) in [4.78, 5) is 0. The molecule has 2 heteroatoms. The van der Waals surface area contributed by atoms with Gasteiger partial charge in [-0.15, -0.1) is 0 Å². The summed E-state index contributed by atoms with van der Waals surface area (Å²) in [6, 6.07) is 1.75. The average molecular weight is 65.1 g/mol. The molecule has 0 fully saturated rings. The van der Waals surface area contributed by atoms with Gasteiger partial charge in [0.2, 0.25) is 0 Å². The van der Waals surface area contributed by atoms with Crippen molar-refractivity contribution in [2.75, 3.05) is 0 Å². The monoisotopic (exact) mass is 65.0 g/mol. The zero-order valence-corrected chi connectivity index (χ0v) is 1.95. The third-order valence-corrected chi connectivity index (χ3v) is 0. The summed E-state index contributed by atoms with van der Waals surface area (Å²) in [5, 5.41) is 7.32. The van der Waals surface area contributed by atoms with Crippen LogP contribution >= 0.6 is 0 Å². The predicted octanol–water partition coefficient (Wildman–Crippen LogP) is -0.119. The fourth-order valence-electron chi connectivity index (χ4n) is 0. The Hall–Kier alpha value is 0.490. The van der Waals surface area contributed by atoms with E-state index < -0.39 is 0 Å². The van der Waals surface area contributed by atoms with Gasteiger partial charge >= 0.3 is 29.6 Å². The van der Waals surface area contributed by atoms with Gasteiger partial charge < -0.3 is 0 Å². The van der Waals surface area contributed by atoms with Gasteiger partial charge in [0.1, 0.15) is 0 Å². The van der Waals surface area contributed by atoms with Crippen molar-refractivity contribution < 1.29 is 0 Å². The molecule has 0 aromatic heterocycles. The topological polar surface area (TPSA) is 23.8 Å². The van der Waals surface area contributed by atoms with Crippen LogP contribution in [0.4, 0.5) is 0 Å². The Morgan fingerprint density at radius 3 is 1.75 bits per heavy atom. The van der Waals surface area contributed by atoms with E-state index in [9.17, 15) is 0 Å². The Morgan fingerprint density at radius 2 is 1.75 bits per heavy atom. The van der Waals surface area contributed by atoms with Crippen molar-refractivity contribution in [3.8, 4) is 6.07 Å². The van der Waals surface area contributed by atoms with Crippen molar-refractivity contribution in [1.29, 1.82) is 5.26 Å². The van der Waals surface area contributed by atoms with Crippen LogP contribution in [0, 0.1) is 11.3 Å². The molecule has 0 saturated heterocycles. The standard InChI is InChI=1S/C2H3N.Na.H/c1-2-3;;/h1H3;;. The van der Waals surface area contributed by atoms with E-state index in [0.717, 1.165) is 0 Å². The van der Waals surface area contributed by atoms with E-state index in [2.05, 4.69) is 0 Å². The van der Waals surface area contributed by atoms with Gasteiger partial charge in [-0.05, 0) is 0 Å². The van der Waals surface area contributed by atoms with Crippen molar-refractivity contribution in [1.82, 2.24) is 0 Å². The molecule has 0 radical (unpaired) electrons. The summed E-state index contributed by atoms with van der Waals surface area (Å²) in [6.45, 7) is 1.43. The van der Waals surface area contributed by atoms with Crippen LogP contribution in [-0.4, -0.2) is 29.6 Å². The molecule has 0 aromatic rings. The second-order valence-electron chi connectivity index (χ2n) is 0.224. The molecule has 0 N–H and O–H groups in total. The van der Waals surface area contributed by atoms with E-state index in [0.29, 0.717) is 0 Å². The van der Waals surface area contributed by atoms with Crippen molar-refractivity contribution in [2.45, 2.75) is 6.92 Å². The van der Waals surface area contributed by atoms with E-state index >= 15 is 0 Å². The van der Waals surface area contributed by atoms with Crippen LogP contribution in [0.3, 0.4) is 0 Å². The molecule has 0 unspecified atom stereocenters. The molecule has 1 nitrogen and oxygen atoms in total. The maximum absolute atomic E-state index is 7.32. The van der Waals surface area contributed by atoms with Crippen molar-refractivity contribution in [2.24, 2.45) is 0 Å². The molecule has 0 aromatic carbocycles. The first kappa shape index (κ1) is 8.82. The Morgan fingerprint density at radius 1 is 1.75 bits per heavy atom. The fraction of sp³-hybridized carbons (Fsp3) is 0.500. The van der Waals surface area contributed by atoms with E-state index in [-0.39, 0.29) is 29.6 Å². The Labute approximate surface area is 47.9 Å². The van der Waals surface area contributed by atoms with Crippen LogP contribution in [0.1, 0.15) is 6.92 Å². The van der Waals surface area contributed by atoms with E-state index in [4.69, 9.17) is 5.26 Å². The van der Waals surface area contributed by atoms with Gasteiger partial charge in [-0.2, -0.15) is 5.26 Å². The van der Waals surface area contributed by atoms with Crippen LogP contribution in [-0.2, 0) is 0 Å². The second kappa shape index (κ2) is 9.75. The fourth-order valence-corrected chi connectivity index (χ4v) is 0. The van der Waals surface area contributed by atoms with Crippen LogP contribution in [0.2, 0.25) is 0 Å². The summed E-state index contributed by atoms with van der Waals surface area (Å²) >= 11 is 0. The molecule has 0 aliphatic carbocycles. The molecular formula is C2H4NNa. The summed E-state index contributed by atoms with van der Waals surface area (Å²) in [7, 11) is 0. The Bertz CT molecular complexity index is 27.5. The molecule has 4 heavy (non-hydrogen) atoms. The zero-order valence-electron chi connectivity index (χ0n) is 1.95. The first-order valence-corrected chi connectivity index (χ1v) is 0.724. The zero-order chi connectivity index (χ0) is 2.71. The van der Waals surface area contributed by atoms with Gasteiger partial charge in [0.15, 0.2) is 0 Å². The van der Waals surface area contributed by atoms with Gasteiger partial charge in [0, 0.05) is 6.92 Å². The molecule has 0 aliphatic heterocycles. The predicted molar refractivity (Wildman–Crippen MR) is 18.4 cm³/mol. The molecule has 0 saturated carbocycles. The average Bonchev–Trinajstić information content (AvgIpc) is 0.918. The minimum absolute atomic E-state index is 0. The van der Waals surface area contributed by atoms with Crippen LogP contribution in [0.5, 0.6) is 0 Å². The summed E-state index contributed by atoms with van der Waals surface area (Å²) in [5.74, 6) is 0. The molecule has 0 atom stereocenters. The van der Waals surface area contributed by atoms with Crippen molar-refractivity contribution in [3.05, 3.63) is 0 Å². The third-order valence-electron chi connectivity index (χ3n) is 0. The number of rotatable bonds is 0. The van der Waals surface area contributed by atoms with E-state index in [1.165, 1.54) is 6.92 Å². The molecule has 0 bridgehead atoms. The molecule has 18 valence electrons. The van der Waals surface area contributed by atoms with Crippen LogP contribution in [0.25, 0.3) is 0 Å². The molecule has 0 amide bonds. The summed E-state index contributed by atoms with van der Waals surface area (Å²) < 4.78 is 0. The molecule has 0 spiro atoms. The van der Waals surface area contributed by atoms with Gasteiger partial charge in [0.05, 0.1) is 6.07 Å². The first-order valence-electron chi connectivity index (χ1n) is 0.724. The third kappa shape index (κ3) is 23.0. The van der Waals surface area contributed by atoms with Gasteiger partial charge in [0.25, 0.3) is 0 Å². The minimum atomic E-state index is 0. The SMILES string of the molecule is CC#N.[NaH]. The second-order valence-corrected chi connectivity index (χ2v) is 0.224. The Kier molecular flexibility index (Phi) is 21.5. The van der Waals surface area contributed by atoms with Gasteiger partial charge in [-0.25, -0.2) is 0 Å².